The highest BCUT2D eigenvalue weighted by molar-refractivity contribution is 7.11. The van der Waals surface area contributed by atoms with Gasteiger partial charge >= 0.3 is 12.1 Å². The number of thiophene rings is 1. The molecular formula is C21H28F3N3O3S. The summed E-state index contributed by atoms with van der Waals surface area (Å²) in [5, 5.41) is 11.9. The zero-order valence-corrected chi connectivity index (χ0v) is 18.5. The highest BCUT2D eigenvalue weighted by Crippen LogP contribution is 2.32. The van der Waals surface area contributed by atoms with Crippen molar-refractivity contribution in [2.24, 2.45) is 5.92 Å². The van der Waals surface area contributed by atoms with Crippen molar-refractivity contribution in [3.05, 3.63) is 39.3 Å². The number of aliphatic carboxylic acids is 1. The van der Waals surface area contributed by atoms with Crippen LogP contribution in [0, 0.1) is 12.8 Å². The Labute approximate surface area is 183 Å². The van der Waals surface area contributed by atoms with E-state index in [0.29, 0.717) is 5.92 Å². The SMILES string of the molecule is CCn1cc2c(n1)CN(Cc1ccc(C)s1)CC2COCC1CC1.O=C(O)C(F)(F)F. The lowest BCUT2D eigenvalue weighted by atomic mass is 9.95. The Morgan fingerprint density at radius 3 is 2.58 bits per heavy atom. The first-order valence-corrected chi connectivity index (χ1v) is 11.2. The van der Waals surface area contributed by atoms with Crippen LogP contribution in [0.3, 0.4) is 0 Å². The number of fused-ring (bicyclic) bond motifs is 1. The number of aromatic nitrogens is 2. The predicted octanol–water partition coefficient (Wildman–Crippen LogP) is 4.43. The standard InChI is InChI=1S/C19H27N3OS.C2HF3O2/c1-3-22-10-18-16(13-23-12-15-5-6-15)8-21(11-19(18)20-22)9-17-7-4-14(2)24-17;3-2(4,5)1(6)7/h4,7,10,15-16H,3,5-6,8-9,11-13H2,1-2H3;(H,6,7). The van der Waals surface area contributed by atoms with Crippen molar-refractivity contribution in [1.82, 2.24) is 14.7 Å². The van der Waals surface area contributed by atoms with Crippen LogP contribution in [0.5, 0.6) is 0 Å². The summed E-state index contributed by atoms with van der Waals surface area (Å²) in [5.41, 5.74) is 2.66. The number of hydrogen-bond acceptors (Lipinski definition) is 5. The summed E-state index contributed by atoms with van der Waals surface area (Å²) in [6.45, 7) is 10.1. The van der Waals surface area contributed by atoms with Gasteiger partial charge in [0.05, 0.1) is 12.3 Å². The lowest BCUT2D eigenvalue weighted by molar-refractivity contribution is -0.192. The van der Waals surface area contributed by atoms with Gasteiger partial charge in [-0.25, -0.2) is 4.79 Å². The van der Waals surface area contributed by atoms with Gasteiger partial charge in [-0.1, -0.05) is 0 Å². The summed E-state index contributed by atoms with van der Waals surface area (Å²) < 4.78 is 39.9. The van der Waals surface area contributed by atoms with Gasteiger partial charge in [-0.15, -0.1) is 11.3 Å². The Morgan fingerprint density at radius 2 is 2.03 bits per heavy atom. The Bertz CT molecular complexity index is 877. The molecule has 172 valence electrons. The quantitative estimate of drug-likeness (QED) is 0.664. The number of alkyl halides is 3. The van der Waals surface area contributed by atoms with E-state index in [-0.39, 0.29) is 0 Å². The maximum Gasteiger partial charge on any atom is 0.490 e. The highest BCUT2D eigenvalue weighted by atomic mass is 32.1. The summed E-state index contributed by atoms with van der Waals surface area (Å²) in [6.07, 6.45) is -0.131. The molecule has 3 heterocycles. The molecule has 10 heteroatoms. The van der Waals surface area contributed by atoms with E-state index in [1.54, 1.807) is 0 Å². The minimum atomic E-state index is -5.08. The highest BCUT2D eigenvalue weighted by Gasteiger charge is 2.38. The van der Waals surface area contributed by atoms with Gasteiger partial charge in [0.2, 0.25) is 0 Å². The number of ether oxygens (including phenoxy) is 1. The number of nitrogens with zero attached hydrogens (tertiary/aromatic N) is 3. The van der Waals surface area contributed by atoms with Crippen molar-refractivity contribution in [3.63, 3.8) is 0 Å². The molecule has 4 rings (SSSR count). The van der Waals surface area contributed by atoms with E-state index in [9.17, 15) is 13.2 Å². The first-order chi connectivity index (χ1) is 14.7. The Balaban J connectivity index is 0.000000339. The molecule has 0 amide bonds. The zero-order valence-electron chi connectivity index (χ0n) is 17.7. The number of halogens is 3. The molecular weight excluding hydrogens is 431 g/mol. The van der Waals surface area contributed by atoms with Crippen LogP contribution in [0.2, 0.25) is 0 Å². The van der Waals surface area contributed by atoms with Gasteiger partial charge in [0, 0.05) is 60.2 Å². The first kappa shape index (κ1) is 23.7. The van der Waals surface area contributed by atoms with Crippen LogP contribution < -0.4 is 0 Å². The smallest absolute Gasteiger partial charge is 0.475 e. The number of hydrogen-bond donors (Lipinski definition) is 1. The molecule has 1 unspecified atom stereocenters. The number of carboxylic acids is 1. The summed E-state index contributed by atoms with van der Waals surface area (Å²) >= 11 is 1.91. The minimum Gasteiger partial charge on any atom is -0.475 e. The fraction of sp³-hybridized carbons (Fsp3) is 0.619. The lowest BCUT2D eigenvalue weighted by Crippen LogP contribution is -2.34. The summed E-state index contributed by atoms with van der Waals surface area (Å²) in [5.74, 6) is -1.47. The van der Waals surface area contributed by atoms with Crippen molar-refractivity contribution in [2.45, 2.75) is 58.4 Å². The zero-order chi connectivity index (χ0) is 22.6. The fourth-order valence-electron chi connectivity index (χ4n) is 3.50. The van der Waals surface area contributed by atoms with Crippen molar-refractivity contribution >= 4 is 17.3 Å². The topological polar surface area (TPSA) is 67.6 Å². The second-order valence-corrected chi connectivity index (χ2v) is 9.42. The molecule has 0 bridgehead atoms. The first-order valence-electron chi connectivity index (χ1n) is 10.4. The van der Waals surface area contributed by atoms with E-state index < -0.39 is 12.1 Å². The summed E-state index contributed by atoms with van der Waals surface area (Å²) in [7, 11) is 0. The molecule has 6 nitrogen and oxygen atoms in total. The van der Waals surface area contributed by atoms with Crippen LogP contribution in [-0.2, 0) is 29.2 Å². The van der Waals surface area contributed by atoms with Gasteiger partial charge in [-0.2, -0.15) is 18.3 Å². The summed E-state index contributed by atoms with van der Waals surface area (Å²) in [6, 6.07) is 4.48. The molecule has 0 radical (unpaired) electrons. The second kappa shape index (κ2) is 10.1. The molecule has 2 aromatic heterocycles. The molecule has 1 aliphatic carbocycles. The Kier molecular flexibility index (Phi) is 7.77. The van der Waals surface area contributed by atoms with Crippen molar-refractivity contribution in [3.8, 4) is 0 Å². The largest absolute Gasteiger partial charge is 0.490 e. The Hall–Kier alpha value is -1.91. The van der Waals surface area contributed by atoms with Gasteiger partial charge in [0.15, 0.2) is 0 Å². The third kappa shape index (κ3) is 7.05. The number of aryl methyl sites for hydroxylation is 2. The van der Waals surface area contributed by atoms with E-state index in [1.165, 1.54) is 33.9 Å². The normalized spacial score (nSPS) is 18.9. The molecule has 0 aromatic carbocycles. The molecule has 0 saturated heterocycles. The molecule has 2 aliphatic rings. The summed E-state index contributed by atoms with van der Waals surface area (Å²) in [4.78, 5) is 14.3. The second-order valence-electron chi connectivity index (χ2n) is 8.05. The molecule has 1 saturated carbocycles. The third-order valence-electron chi connectivity index (χ3n) is 5.27. The Morgan fingerprint density at radius 1 is 1.32 bits per heavy atom. The van der Waals surface area contributed by atoms with E-state index in [1.807, 2.05) is 11.3 Å². The maximum absolute atomic E-state index is 10.6. The lowest BCUT2D eigenvalue weighted by Gasteiger charge is -2.31. The van der Waals surface area contributed by atoms with Crippen LogP contribution in [0.15, 0.2) is 18.3 Å². The van der Waals surface area contributed by atoms with E-state index >= 15 is 0 Å². The van der Waals surface area contributed by atoms with Gasteiger partial charge in [-0.05, 0) is 44.7 Å². The molecule has 1 N–H and O–H groups in total. The van der Waals surface area contributed by atoms with Crippen LogP contribution in [0.4, 0.5) is 13.2 Å². The maximum atomic E-state index is 10.6. The average molecular weight is 460 g/mol. The molecule has 1 fully saturated rings. The van der Waals surface area contributed by atoms with Gasteiger partial charge in [-0.3, -0.25) is 9.58 Å². The van der Waals surface area contributed by atoms with Crippen LogP contribution in [-0.4, -0.2) is 51.7 Å². The molecule has 1 aliphatic heterocycles. The molecule has 0 spiro atoms. The van der Waals surface area contributed by atoms with Gasteiger partial charge < -0.3 is 9.84 Å². The number of carboxylic acid groups (broad SMARTS) is 1. The number of rotatable bonds is 7. The van der Waals surface area contributed by atoms with E-state index in [4.69, 9.17) is 19.7 Å². The molecule has 2 aromatic rings. The monoisotopic (exact) mass is 459 g/mol. The minimum absolute atomic E-state index is 0.453. The van der Waals surface area contributed by atoms with Gasteiger partial charge in [0.1, 0.15) is 0 Å². The fourth-order valence-corrected chi connectivity index (χ4v) is 4.44. The van der Waals surface area contributed by atoms with Gasteiger partial charge in [0.25, 0.3) is 0 Å². The van der Waals surface area contributed by atoms with Crippen molar-refractivity contribution in [2.75, 3.05) is 19.8 Å². The molecule has 31 heavy (non-hydrogen) atoms. The van der Waals surface area contributed by atoms with Crippen LogP contribution >= 0.6 is 11.3 Å². The van der Waals surface area contributed by atoms with Crippen LogP contribution in [0.25, 0.3) is 0 Å². The predicted molar refractivity (Wildman–Crippen MR) is 111 cm³/mol. The van der Waals surface area contributed by atoms with Crippen molar-refractivity contribution < 1.29 is 27.8 Å². The van der Waals surface area contributed by atoms with Crippen molar-refractivity contribution in [1.29, 1.82) is 0 Å². The average Bonchev–Trinajstić information content (AvgIpc) is 3.27. The van der Waals surface area contributed by atoms with Crippen LogP contribution in [0.1, 0.15) is 46.7 Å². The number of carbonyl (C=O) groups is 1. The third-order valence-corrected chi connectivity index (χ3v) is 6.26. The van der Waals surface area contributed by atoms with E-state index in [2.05, 4.69) is 41.8 Å². The van der Waals surface area contributed by atoms with E-state index in [0.717, 1.165) is 45.3 Å². The molecule has 1 atom stereocenters.